The summed E-state index contributed by atoms with van der Waals surface area (Å²) in [7, 11) is 0.179. The van der Waals surface area contributed by atoms with Gasteiger partial charge in [-0.3, -0.25) is 4.79 Å². The molecule has 0 saturated carbocycles. The molecular weight excluding hydrogens is 364 g/mol. The highest BCUT2D eigenvalue weighted by molar-refractivity contribution is 7.82. The largest absolute Gasteiger partial charge is 0.497 e. The summed E-state index contributed by atoms with van der Waals surface area (Å²) in [5.41, 5.74) is 0.891. The fraction of sp³-hybridized carbons (Fsp3) is 0.250. The van der Waals surface area contributed by atoms with E-state index in [4.69, 9.17) is 4.74 Å². The Morgan fingerprint density at radius 2 is 1.96 bits per heavy atom. The van der Waals surface area contributed by atoms with Crippen molar-refractivity contribution in [3.05, 3.63) is 60.4 Å². The van der Waals surface area contributed by atoms with Crippen molar-refractivity contribution in [1.82, 2.24) is 8.87 Å². The molecule has 140 valence electrons. The first-order valence-electron chi connectivity index (χ1n) is 8.70. The number of rotatable bonds is 5. The molecule has 2 unspecified atom stereocenters. The summed E-state index contributed by atoms with van der Waals surface area (Å²) in [5, 5.41) is 11.3. The van der Waals surface area contributed by atoms with Crippen LogP contribution in [0, 0.1) is 0 Å². The molecule has 2 heterocycles. The highest BCUT2D eigenvalue weighted by Gasteiger charge is 2.33. The first-order chi connectivity index (χ1) is 13.1. The van der Waals surface area contributed by atoms with Gasteiger partial charge in [-0.05, 0) is 47.2 Å². The lowest BCUT2D eigenvalue weighted by Gasteiger charge is -2.35. The highest BCUT2D eigenvalue weighted by Crippen LogP contribution is 2.33. The molecule has 6 nitrogen and oxygen atoms in total. The van der Waals surface area contributed by atoms with Gasteiger partial charge < -0.3 is 14.4 Å². The molecule has 1 aromatic heterocycles. The second-order valence-electron chi connectivity index (χ2n) is 6.50. The van der Waals surface area contributed by atoms with Crippen LogP contribution in [0.25, 0.3) is 10.8 Å². The maximum Gasteiger partial charge on any atom is 0.305 e. The van der Waals surface area contributed by atoms with Gasteiger partial charge in [-0.2, -0.15) is 0 Å². The van der Waals surface area contributed by atoms with Crippen molar-refractivity contribution in [3.8, 4) is 5.75 Å². The Morgan fingerprint density at radius 3 is 2.74 bits per heavy atom. The number of carbonyl (C=O) groups is 1. The molecular formula is C20H20N2O4S. The zero-order valence-corrected chi connectivity index (χ0v) is 15.7. The van der Waals surface area contributed by atoms with Crippen LogP contribution in [0.3, 0.4) is 0 Å². The molecule has 1 N–H and O–H groups in total. The Bertz CT molecular complexity index is 1030. The van der Waals surface area contributed by atoms with Crippen LogP contribution in [0.15, 0.2) is 59.6 Å². The van der Waals surface area contributed by atoms with Crippen LogP contribution in [0.4, 0.5) is 0 Å². The fourth-order valence-electron chi connectivity index (χ4n) is 3.59. The zero-order chi connectivity index (χ0) is 19.0. The molecule has 1 aliphatic heterocycles. The Morgan fingerprint density at radius 1 is 1.19 bits per heavy atom. The van der Waals surface area contributed by atoms with Gasteiger partial charge in [0.1, 0.15) is 16.7 Å². The minimum absolute atomic E-state index is 0.0828. The number of hydrogen-bond donors (Lipinski definition) is 1. The van der Waals surface area contributed by atoms with Crippen molar-refractivity contribution in [2.45, 2.75) is 23.9 Å². The van der Waals surface area contributed by atoms with Gasteiger partial charge in [-0.15, -0.1) is 0 Å². The number of carboxylic acid groups (broad SMARTS) is 1. The topological polar surface area (TPSA) is 71.8 Å². The predicted octanol–water partition coefficient (Wildman–Crippen LogP) is 3.20. The molecule has 4 rings (SSSR count). The summed E-state index contributed by atoms with van der Waals surface area (Å²) in [6.07, 6.45) is 1.86. The van der Waals surface area contributed by atoms with E-state index in [1.54, 1.807) is 11.4 Å². The van der Waals surface area contributed by atoms with E-state index < -0.39 is 23.0 Å². The number of nitrogens with zero attached hydrogens (tertiary/aromatic N) is 2. The summed E-state index contributed by atoms with van der Waals surface area (Å²) >= 11 is 0. The van der Waals surface area contributed by atoms with E-state index in [2.05, 4.69) is 0 Å². The summed E-state index contributed by atoms with van der Waals surface area (Å²) in [5.74, 6) is -0.128. The van der Waals surface area contributed by atoms with Crippen LogP contribution in [0.2, 0.25) is 0 Å². The lowest BCUT2D eigenvalue weighted by Crippen LogP contribution is -2.39. The zero-order valence-electron chi connectivity index (χ0n) is 14.9. The van der Waals surface area contributed by atoms with Crippen LogP contribution in [-0.2, 0) is 22.3 Å². The third-order valence-electron chi connectivity index (χ3n) is 4.92. The van der Waals surface area contributed by atoms with Gasteiger partial charge in [0.05, 0.1) is 24.5 Å². The van der Waals surface area contributed by atoms with Gasteiger partial charge in [-0.1, -0.05) is 12.1 Å². The number of fused-ring (bicyclic) bond motifs is 2. The molecule has 2 aromatic carbocycles. The second kappa shape index (κ2) is 7.17. The molecule has 0 amide bonds. The normalized spacial score (nSPS) is 18.2. The number of benzene rings is 2. The molecule has 0 saturated heterocycles. The van der Waals surface area contributed by atoms with E-state index in [0.29, 0.717) is 18.0 Å². The van der Waals surface area contributed by atoms with Crippen molar-refractivity contribution < 1.29 is 18.8 Å². The minimum Gasteiger partial charge on any atom is -0.497 e. The van der Waals surface area contributed by atoms with Crippen LogP contribution in [0.1, 0.15) is 18.2 Å². The minimum atomic E-state index is -1.45. The smallest absolute Gasteiger partial charge is 0.305 e. The number of methoxy groups -OCH3 is 1. The number of hydrogen-bond acceptors (Lipinski definition) is 3. The van der Waals surface area contributed by atoms with Crippen molar-refractivity contribution in [2.75, 3.05) is 13.7 Å². The molecule has 2 atom stereocenters. The Labute approximate surface area is 159 Å². The van der Waals surface area contributed by atoms with Crippen LogP contribution in [0.5, 0.6) is 5.75 Å². The summed E-state index contributed by atoms with van der Waals surface area (Å²) in [4.78, 5) is 12.1. The van der Waals surface area contributed by atoms with Crippen molar-refractivity contribution in [1.29, 1.82) is 0 Å². The third kappa shape index (κ3) is 3.36. The molecule has 27 heavy (non-hydrogen) atoms. The van der Waals surface area contributed by atoms with Crippen LogP contribution < -0.4 is 4.74 Å². The molecule has 0 spiro atoms. The molecule has 3 aromatic rings. The van der Waals surface area contributed by atoms with E-state index in [0.717, 1.165) is 22.2 Å². The van der Waals surface area contributed by atoms with Crippen molar-refractivity contribution >= 4 is 27.7 Å². The molecule has 0 radical (unpaired) electrons. The van der Waals surface area contributed by atoms with Gasteiger partial charge in [0.2, 0.25) is 0 Å². The first-order valence-corrected chi connectivity index (χ1v) is 9.80. The maximum absolute atomic E-state index is 13.3. The second-order valence-corrected chi connectivity index (χ2v) is 7.94. The van der Waals surface area contributed by atoms with E-state index in [1.807, 2.05) is 59.3 Å². The number of aliphatic carboxylic acids is 1. The molecule has 0 bridgehead atoms. The van der Waals surface area contributed by atoms with E-state index in [-0.39, 0.29) is 6.42 Å². The average Bonchev–Trinajstić information content (AvgIpc) is 3.16. The molecule has 0 fully saturated rings. The third-order valence-corrected chi connectivity index (χ3v) is 6.44. The Hall–Kier alpha value is -2.64. The maximum atomic E-state index is 13.3. The van der Waals surface area contributed by atoms with Gasteiger partial charge >= 0.3 is 5.97 Å². The Kier molecular flexibility index (Phi) is 4.72. The fourth-order valence-corrected chi connectivity index (χ4v) is 4.93. The average molecular weight is 384 g/mol. The van der Waals surface area contributed by atoms with Crippen molar-refractivity contribution in [3.63, 3.8) is 0 Å². The van der Waals surface area contributed by atoms with Crippen LogP contribution >= 0.6 is 0 Å². The number of carboxylic acids is 1. The van der Waals surface area contributed by atoms with Gasteiger partial charge in [0.15, 0.2) is 0 Å². The van der Waals surface area contributed by atoms with Crippen molar-refractivity contribution in [2.24, 2.45) is 0 Å². The van der Waals surface area contributed by atoms with Gasteiger partial charge in [0, 0.05) is 25.0 Å². The summed E-state index contributed by atoms with van der Waals surface area (Å²) in [6, 6.07) is 14.8. The monoisotopic (exact) mass is 384 g/mol. The molecule has 1 aliphatic rings. The lowest BCUT2D eigenvalue weighted by molar-refractivity contribution is -0.138. The number of aromatic nitrogens is 1. The van der Waals surface area contributed by atoms with Crippen LogP contribution in [-0.4, -0.2) is 37.8 Å². The molecule has 0 aliphatic carbocycles. The van der Waals surface area contributed by atoms with Gasteiger partial charge in [0.25, 0.3) is 0 Å². The summed E-state index contributed by atoms with van der Waals surface area (Å²) < 4.78 is 22.4. The first kappa shape index (κ1) is 17.8. The Balaban J connectivity index is 1.68. The lowest BCUT2D eigenvalue weighted by atomic mass is 10.1. The molecule has 7 heteroatoms. The number of ether oxygens (including phenoxy) is 1. The van der Waals surface area contributed by atoms with E-state index in [9.17, 15) is 14.1 Å². The quantitative estimate of drug-likeness (QED) is 0.733. The SMILES string of the molecule is COc1ccc2cc(S(=O)N3CCn4cccc4C3CC(=O)O)ccc2c1. The summed E-state index contributed by atoms with van der Waals surface area (Å²) in [6.45, 7) is 1.22. The van der Waals surface area contributed by atoms with E-state index >= 15 is 0 Å². The van der Waals surface area contributed by atoms with E-state index in [1.165, 1.54) is 0 Å². The standard InChI is InChI=1S/C20H20N2O4S/c1-26-16-6-4-15-12-17(7-5-14(15)11-16)27(25)22-10-9-21-8-2-3-18(21)19(22)13-20(23)24/h2-8,11-12,19H,9-10,13H2,1H3,(H,23,24). The van der Waals surface area contributed by atoms with Gasteiger partial charge in [-0.25, -0.2) is 8.51 Å². The highest BCUT2D eigenvalue weighted by atomic mass is 32.2. The predicted molar refractivity (Wildman–Crippen MR) is 103 cm³/mol.